The van der Waals surface area contributed by atoms with Crippen molar-refractivity contribution in [2.45, 2.75) is 31.7 Å². The lowest BCUT2D eigenvalue weighted by atomic mass is 10.2. The van der Waals surface area contributed by atoms with Gasteiger partial charge in [-0.25, -0.2) is 9.97 Å². The van der Waals surface area contributed by atoms with Crippen molar-refractivity contribution in [2.75, 3.05) is 16.8 Å². The SMILES string of the molecule is C[C@@H]1[C@H](O)CCN1c1cc(NC(=O)c2cccc(-c3cnn(C)c3)n2)c(C(F)(F)F)cn1. The number of carbonyl (C=O) groups is 1. The number of aliphatic hydroxyl groups is 1. The number of nitrogens with one attached hydrogen (secondary N) is 1. The quantitative estimate of drug-likeness (QED) is 0.640. The van der Waals surface area contributed by atoms with E-state index in [1.165, 1.54) is 12.1 Å². The van der Waals surface area contributed by atoms with Crippen LogP contribution in [0, 0.1) is 0 Å². The van der Waals surface area contributed by atoms with Crippen LogP contribution in [0.25, 0.3) is 11.3 Å². The van der Waals surface area contributed by atoms with Crippen LogP contribution >= 0.6 is 0 Å². The molecular weight excluding hydrogens is 425 g/mol. The van der Waals surface area contributed by atoms with Crippen molar-refractivity contribution in [2.24, 2.45) is 7.05 Å². The van der Waals surface area contributed by atoms with Crippen molar-refractivity contribution in [1.29, 1.82) is 0 Å². The van der Waals surface area contributed by atoms with E-state index in [-0.39, 0.29) is 17.6 Å². The molecule has 32 heavy (non-hydrogen) atoms. The maximum absolute atomic E-state index is 13.6. The molecule has 2 N–H and O–H groups in total. The Morgan fingerprint density at radius 1 is 1.28 bits per heavy atom. The highest BCUT2D eigenvalue weighted by Gasteiger charge is 2.36. The molecule has 1 amide bonds. The van der Waals surface area contributed by atoms with Gasteiger partial charge < -0.3 is 15.3 Å². The Morgan fingerprint density at radius 2 is 2.06 bits per heavy atom. The van der Waals surface area contributed by atoms with E-state index < -0.39 is 29.4 Å². The summed E-state index contributed by atoms with van der Waals surface area (Å²) in [6.45, 7) is 2.21. The normalized spacial score (nSPS) is 18.8. The van der Waals surface area contributed by atoms with Gasteiger partial charge >= 0.3 is 6.18 Å². The molecular formula is C21H21F3N6O2. The number of aliphatic hydroxyl groups excluding tert-OH is 1. The molecule has 0 saturated carbocycles. The van der Waals surface area contributed by atoms with Crippen LogP contribution < -0.4 is 10.2 Å². The highest BCUT2D eigenvalue weighted by atomic mass is 19.4. The molecule has 1 aliphatic rings. The van der Waals surface area contributed by atoms with Crippen LogP contribution in [-0.2, 0) is 13.2 Å². The van der Waals surface area contributed by atoms with Crippen molar-refractivity contribution in [1.82, 2.24) is 19.7 Å². The Labute approximate surface area is 181 Å². The lowest BCUT2D eigenvalue weighted by Gasteiger charge is -2.25. The van der Waals surface area contributed by atoms with E-state index in [2.05, 4.69) is 20.4 Å². The highest BCUT2D eigenvalue weighted by Crippen LogP contribution is 2.37. The van der Waals surface area contributed by atoms with Crippen LogP contribution in [0.5, 0.6) is 0 Å². The number of hydrogen-bond acceptors (Lipinski definition) is 6. The average molecular weight is 446 g/mol. The van der Waals surface area contributed by atoms with Crippen molar-refractivity contribution in [3.8, 4) is 11.3 Å². The van der Waals surface area contributed by atoms with Gasteiger partial charge in [0.2, 0.25) is 0 Å². The first-order chi connectivity index (χ1) is 15.1. The summed E-state index contributed by atoms with van der Waals surface area (Å²) in [7, 11) is 1.74. The molecule has 0 aromatic carbocycles. The summed E-state index contributed by atoms with van der Waals surface area (Å²) in [5.74, 6) is -0.540. The first-order valence-electron chi connectivity index (χ1n) is 9.93. The number of carbonyl (C=O) groups excluding carboxylic acids is 1. The van der Waals surface area contributed by atoms with Crippen LogP contribution in [0.4, 0.5) is 24.7 Å². The van der Waals surface area contributed by atoms with Gasteiger partial charge in [-0.1, -0.05) is 6.07 Å². The molecule has 1 saturated heterocycles. The second kappa shape index (κ2) is 8.23. The third-order valence-electron chi connectivity index (χ3n) is 5.43. The summed E-state index contributed by atoms with van der Waals surface area (Å²) in [6.07, 6.45) is -0.844. The first kappa shape index (κ1) is 21.8. The van der Waals surface area contributed by atoms with E-state index in [0.717, 1.165) is 0 Å². The molecule has 3 aromatic rings. The van der Waals surface area contributed by atoms with Crippen LogP contribution in [0.15, 0.2) is 42.9 Å². The molecule has 4 rings (SSSR count). The zero-order chi connectivity index (χ0) is 23.0. The van der Waals surface area contributed by atoms with Crippen LogP contribution in [0.2, 0.25) is 0 Å². The van der Waals surface area contributed by atoms with Gasteiger partial charge in [0.25, 0.3) is 5.91 Å². The minimum Gasteiger partial charge on any atom is -0.391 e. The van der Waals surface area contributed by atoms with Gasteiger partial charge in [-0.15, -0.1) is 0 Å². The summed E-state index contributed by atoms with van der Waals surface area (Å²) in [5, 5.41) is 16.4. The average Bonchev–Trinajstić information content (AvgIpc) is 3.33. The van der Waals surface area contributed by atoms with Gasteiger partial charge in [-0.3, -0.25) is 9.48 Å². The number of amides is 1. The van der Waals surface area contributed by atoms with E-state index in [1.54, 1.807) is 48.1 Å². The second-order valence-corrected chi connectivity index (χ2v) is 7.64. The number of alkyl halides is 3. The highest BCUT2D eigenvalue weighted by molar-refractivity contribution is 6.03. The summed E-state index contributed by atoms with van der Waals surface area (Å²) in [6, 6.07) is 5.57. The molecule has 2 atom stereocenters. The van der Waals surface area contributed by atoms with E-state index >= 15 is 0 Å². The number of pyridine rings is 2. The van der Waals surface area contributed by atoms with Crippen molar-refractivity contribution >= 4 is 17.4 Å². The van der Waals surface area contributed by atoms with E-state index in [4.69, 9.17) is 0 Å². The number of aryl methyl sites for hydroxylation is 1. The third-order valence-corrected chi connectivity index (χ3v) is 5.43. The van der Waals surface area contributed by atoms with Gasteiger partial charge in [0.05, 0.1) is 35.3 Å². The van der Waals surface area contributed by atoms with E-state index in [1.807, 2.05) is 0 Å². The zero-order valence-corrected chi connectivity index (χ0v) is 17.3. The van der Waals surface area contributed by atoms with Crippen molar-refractivity contribution < 1.29 is 23.1 Å². The van der Waals surface area contributed by atoms with Gasteiger partial charge in [-0.05, 0) is 25.5 Å². The molecule has 0 aliphatic carbocycles. The van der Waals surface area contributed by atoms with Gasteiger partial charge in [0.15, 0.2) is 0 Å². The molecule has 0 radical (unpaired) electrons. The second-order valence-electron chi connectivity index (χ2n) is 7.64. The Hall–Kier alpha value is -3.47. The molecule has 0 spiro atoms. The molecule has 168 valence electrons. The Bertz CT molecular complexity index is 1150. The summed E-state index contributed by atoms with van der Waals surface area (Å²) >= 11 is 0. The van der Waals surface area contributed by atoms with Gasteiger partial charge in [0, 0.05) is 37.6 Å². The number of halogens is 3. The topological polar surface area (TPSA) is 96.2 Å². The fraction of sp³-hybridized carbons (Fsp3) is 0.333. The largest absolute Gasteiger partial charge is 0.419 e. The molecule has 1 fully saturated rings. The Balaban J connectivity index is 1.65. The fourth-order valence-electron chi connectivity index (χ4n) is 3.64. The Morgan fingerprint density at radius 3 is 2.69 bits per heavy atom. The van der Waals surface area contributed by atoms with Crippen molar-refractivity contribution in [3.63, 3.8) is 0 Å². The lowest BCUT2D eigenvalue weighted by Crippen LogP contribution is -2.33. The predicted octanol–water partition coefficient (Wildman–Crippen LogP) is 3.11. The molecule has 1 aliphatic heterocycles. The number of hydrogen-bond donors (Lipinski definition) is 2. The minimum atomic E-state index is -4.71. The van der Waals surface area contributed by atoms with Crippen molar-refractivity contribution in [3.05, 3.63) is 54.1 Å². The molecule has 11 heteroatoms. The smallest absolute Gasteiger partial charge is 0.391 e. The Kier molecular flexibility index (Phi) is 5.59. The number of nitrogens with zero attached hydrogens (tertiary/aromatic N) is 5. The molecule has 4 heterocycles. The lowest BCUT2D eigenvalue weighted by molar-refractivity contribution is -0.137. The fourth-order valence-corrected chi connectivity index (χ4v) is 3.64. The number of rotatable bonds is 4. The van der Waals surface area contributed by atoms with Gasteiger partial charge in [-0.2, -0.15) is 18.3 Å². The molecule has 8 nitrogen and oxygen atoms in total. The minimum absolute atomic E-state index is 0.0391. The zero-order valence-electron chi connectivity index (χ0n) is 17.3. The number of aromatic nitrogens is 4. The molecule has 0 unspecified atom stereocenters. The summed E-state index contributed by atoms with van der Waals surface area (Å²) < 4.78 is 42.3. The van der Waals surface area contributed by atoms with E-state index in [9.17, 15) is 23.1 Å². The number of anilines is 2. The first-order valence-corrected chi connectivity index (χ1v) is 9.93. The predicted molar refractivity (Wildman–Crippen MR) is 111 cm³/mol. The summed E-state index contributed by atoms with van der Waals surface area (Å²) in [4.78, 5) is 22.7. The van der Waals surface area contributed by atoms with Crippen LogP contribution in [0.3, 0.4) is 0 Å². The maximum atomic E-state index is 13.6. The molecule has 0 bridgehead atoms. The summed E-state index contributed by atoms with van der Waals surface area (Å²) in [5.41, 5.74) is -0.383. The standard InChI is InChI=1S/C21H21F3N6O2/c1-12-18(31)6-7-30(12)19-8-17(14(10-25-19)21(22,23)24)28-20(32)16-5-3-4-15(27-16)13-9-26-29(2)11-13/h3-5,8-12,18,31H,6-7H2,1-2H3,(H,25,28,32)/t12-,18-/m1/s1. The van der Waals surface area contributed by atoms with Gasteiger partial charge in [0.1, 0.15) is 11.5 Å². The molecule has 3 aromatic heterocycles. The van der Waals surface area contributed by atoms with E-state index in [0.29, 0.717) is 30.4 Å². The maximum Gasteiger partial charge on any atom is 0.419 e. The van der Waals surface area contributed by atoms with Crippen LogP contribution in [0.1, 0.15) is 29.4 Å². The third kappa shape index (κ3) is 4.28. The monoisotopic (exact) mass is 446 g/mol. The van der Waals surface area contributed by atoms with Crippen LogP contribution in [-0.4, -0.2) is 49.5 Å².